The van der Waals surface area contributed by atoms with Crippen LogP contribution >= 0.6 is 0 Å². The molecule has 7 heavy (non-hydrogen) atoms. The molecular formula is C6H5Zr+3. The first kappa shape index (κ1) is 7.10. The maximum absolute atomic E-state index is 2.89. The number of benzene rings is 1. The number of hydrogen-bond donors (Lipinski definition) is 0. The Balaban J connectivity index is 0.000000360. The zero-order chi connectivity index (χ0) is 4.24. The second-order valence-corrected chi connectivity index (χ2v) is 1.08. The molecule has 0 aromatic heterocycles. The molecule has 0 bridgehead atoms. The van der Waals surface area contributed by atoms with Crippen molar-refractivity contribution in [2.24, 2.45) is 0 Å². The van der Waals surface area contributed by atoms with E-state index in [2.05, 4.69) is 6.07 Å². The van der Waals surface area contributed by atoms with Crippen LogP contribution in [0.1, 0.15) is 0 Å². The molecule has 0 aliphatic rings. The van der Waals surface area contributed by atoms with Crippen LogP contribution in [0.25, 0.3) is 0 Å². The molecule has 1 aromatic rings. The van der Waals surface area contributed by atoms with E-state index < -0.39 is 0 Å². The van der Waals surface area contributed by atoms with Crippen LogP contribution in [0.2, 0.25) is 0 Å². The van der Waals surface area contributed by atoms with Crippen molar-refractivity contribution in [3.63, 3.8) is 0 Å². The van der Waals surface area contributed by atoms with Crippen LogP contribution in [0.3, 0.4) is 0 Å². The van der Waals surface area contributed by atoms with Gasteiger partial charge in [0.25, 0.3) is 0 Å². The zero-order valence-electron chi connectivity index (χ0n) is 3.89. The van der Waals surface area contributed by atoms with E-state index in [-0.39, 0.29) is 26.2 Å². The van der Waals surface area contributed by atoms with Gasteiger partial charge in [0.1, 0.15) is 0 Å². The van der Waals surface area contributed by atoms with E-state index in [0.717, 1.165) is 0 Å². The second kappa shape index (κ2) is 4.27. The second-order valence-electron chi connectivity index (χ2n) is 1.08. The summed E-state index contributed by atoms with van der Waals surface area (Å²) >= 11 is 0. The van der Waals surface area contributed by atoms with E-state index in [1.165, 1.54) is 0 Å². The normalized spacial score (nSPS) is 6.86. The van der Waals surface area contributed by atoms with Crippen molar-refractivity contribution in [3.05, 3.63) is 36.4 Å². The van der Waals surface area contributed by atoms with Crippen molar-refractivity contribution >= 4 is 0 Å². The van der Waals surface area contributed by atoms with Crippen molar-refractivity contribution in [3.8, 4) is 0 Å². The molecule has 30 valence electrons. The Bertz CT molecular complexity index is 76.1. The maximum Gasteiger partial charge on any atom is 4.00 e. The van der Waals surface area contributed by atoms with Crippen LogP contribution in [-0.2, 0) is 26.2 Å². The summed E-state index contributed by atoms with van der Waals surface area (Å²) in [5, 5.41) is 0. The average molecular weight is 168 g/mol. The summed E-state index contributed by atoms with van der Waals surface area (Å²) in [6, 6.07) is 12.5. The van der Waals surface area contributed by atoms with Crippen LogP contribution in [-0.4, -0.2) is 0 Å². The van der Waals surface area contributed by atoms with E-state index in [1.54, 1.807) is 0 Å². The van der Waals surface area contributed by atoms with Crippen molar-refractivity contribution in [2.45, 2.75) is 0 Å². The fourth-order valence-electron chi connectivity index (χ4n) is 0.342. The van der Waals surface area contributed by atoms with Gasteiger partial charge in [0.15, 0.2) is 0 Å². The predicted octanol–water partition coefficient (Wildman–Crippen LogP) is 1.48. The fraction of sp³-hybridized carbons (Fsp3) is 0. The van der Waals surface area contributed by atoms with Crippen molar-refractivity contribution < 1.29 is 26.2 Å². The van der Waals surface area contributed by atoms with Gasteiger partial charge in [-0.1, -0.05) is 0 Å². The molecule has 0 saturated carbocycles. The molecule has 0 amide bonds. The molecule has 0 N–H and O–H groups in total. The Labute approximate surface area is 62.7 Å². The third kappa shape index (κ3) is 2.76. The monoisotopic (exact) mass is 167 g/mol. The molecule has 0 fully saturated rings. The van der Waals surface area contributed by atoms with Crippen molar-refractivity contribution in [1.29, 1.82) is 0 Å². The molecule has 1 rings (SSSR count). The molecule has 1 heteroatoms. The van der Waals surface area contributed by atoms with Gasteiger partial charge in [0, 0.05) is 0 Å². The largest absolute Gasteiger partial charge is 4.00 e. The van der Waals surface area contributed by atoms with Crippen LogP contribution < -0.4 is 0 Å². The van der Waals surface area contributed by atoms with Crippen molar-refractivity contribution in [2.75, 3.05) is 0 Å². The van der Waals surface area contributed by atoms with Crippen molar-refractivity contribution in [1.82, 2.24) is 0 Å². The predicted molar refractivity (Wildman–Crippen MR) is 25.3 cm³/mol. The summed E-state index contributed by atoms with van der Waals surface area (Å²) in [6.07, 6.45) is 0. The Hall–Kier alpha value is 0.103. The zero-order valence-corrected chi connectivity index (χ0v) is 6.34. The van der Waals surface area contributed by atoms with Gasteiger partial charge < -0.3 is 0 Å². The molecule has 0 nitrogen and oxygen atoms in total. The summed E-state index contributed by atoms with van der Waals surface area (Å²) in [7, 11) is 0. The standard InChI is InChI=1S/C6H5.Zr/c1-2-4-6-5-3-1;/h1-5H;/q-1;+4. The third-order valence-corrected chi connectivity index (χ3v) is 0.607. The number of rotatable bonds is 0. The van der Waals surface area contributed by atoms with Crippen LogP contribution in [0, 0.1) is 6.07 Å². The quantitative estimate of drug-likeness (QED) is 0.515. The van der Waals surface area contributed by atoms with Gasteiger partial charge in [0.2, 0.25) is 0 Å². The smallest absolute Gasteiger partial charge is 0.184 e. The first-order valence-electron chi connectivity index (χ1n) is 1.91. The van der Waals surface area contributed by atoms with Gasteiger partial charge in [-0.3, -0.25) is 0 Å². The van der Waals surface area contributed by atoms with E-state index in [1.807, 2.05) is 30.3 Å². The van der Waals surface area contributed by atoms with Crippen LogP contribution in [0.15, 0.2) is 30.3 Å². The van der Waals surface area contributed by atoms with Gasteiger partial charge >= 0.3 is 26.2 Å². The molecule has 0 radical (unpaired) electrons. The minimum Gasteiger partial charge on any atom is -0.184 e. The minimum atomic E-state index is 0. The third-order valence-electron chi connectivity index (χ3n) is 0.607. The van der Waals surface area contributed by atoms with E-state index in [4.69, 9.17) is 0 Å². The molecule has 0 spiro atoms. The molecule has 0 unspecified atom stereocenters. The molecule has 0 saturated heterocycles. The van der Waals surface area contributed by atoms with Crippen LogP contribution in [0.5, 0.6) is 0 Å². The van der Waals surface area contributed by atoms with E-state index in [0.29, 0.717) is 0 Å². The SMILES string of the molecule is [Zr+4].[c-]1ccccc1. The summed E-state index contributed by atoms with van der Waals surface area (Å²) in [6.45, 7) is 0. The molecule has 0 atom stereocenters. The van der Waals surface area contributed by atoms with Gasteiger partial charge in [-0.15, -0.1) is 0 Å². The Morgan fingerprint density at radius 3 is 1.57 bits per heavy atom. The molecular weight excluding hydrogens is 163 g/mol. The molecule has 0 aliphatic carbocycles. The Morgan fingerprint density at radius 1 is 0.857 bits per heavy atom. The molecule has 1 aromatic carbocycles. The Morgan fingerprint density at radius 2 is 1.43 bits per heavy atom. The van der Waals surface area contributed by atoms with Gasteiger partial charge in [-0.2, -0.15) is 36.4 Å². The summed E-state index contributed by atoms with van der Waals surface area (Å²) in [4.78, 5) is 0. The minimum absolute atomic E-state index is 0. The van der Waals surface area contributed by atoms with Crippen LogP contribution in [0.4, 0.5) is 0 Å². The molecule has 0 heterocycles. The summed E-state index contributed by atoms with van der Waals surface area (Å²) in [5.74, 6) is 0. The van der Waals surface area contributed by atoms with Gasteiger partial charge in [-0.05, 0) is 0 Å². The summed E-state index contributed by atoms with van der Waals surface area (Å²) in [5.41, 5.74) is 0. The first-order valence-corrected chi connectivity index (χ1v) is 1.91. The average Bonchev–Trinajstić information content (AvgIpc) is 1.72. The topological polar surface area (TPSA) is 0 Å². The first-order chi connectivity index (χ1) is 3.00. The Kier molecular flexibility index (Phi) is 4.33. The van der Waals surface area contributed by atoms with Gasteiger partial charge in [-0.25, -0.2) is 0 Å². The maximum atomic E-state index is 2.89. The fourth-order valence-corrected chi connectivity index (χ4v) is 0.342. The number of hydrogen-bond acceptors (Lipinski definition) is 0. The van der Waals surface area contributed by atoms with Gasteiger partial charge in [0.05, 0.1) is 0 Å². The van der Waals surface area contributed by atoms with E-state index in [9.17, 15) is 0 Å². The summed E-state index contributed by atoms with van der Waals surface area (Å²) < 4.78 is 0. The van der Waals surface area contributed by atoms with E-state index >= 15 is 0 Å². The molecule has 0 aliphatic heterocycles.